The second-order valence-electron chi connectivity index (χ2n) is 4.80. The van der Waals surface area contributed by atoms with Gasteiger partial charge in [0, 0.05) is 17.7 Å². The number of hydrogen-bond acceptors (Lipinski definition) is 3. The molecule has 1 aromatic carbocycles. The van der Waals surface area contributed by atoms with Crippen molar-refractivity contribution in [3.8, 4) is 5.75 Å². The first-order valence-corrected chi connectivity index (χ1v) is 7.03. The van der Waals surface area contributed by atoms with E-state index in [9.17, 15) is 0 Å². The Bertz CT molecular complexity index is 421. The predicted octanol–water partition coefficient (Wildman–Crippen LogP) is 3.28. The molecule has 0 aromatic heterocycles. The van der Waals surface area contributed by atoms with Crippen molar-refractivity contribution in [3.63, 3.8) is 0 Å². The van der Waals surface area contributed by atoms with Crippen LogP contribution in [-0.2, 0) is 11.3 Å². The van der Waals surface area contributed by atoms with Crippen molar-refractivity contribution in [1.29, 1.82) is 0 Å². The first kappa shape index (κ1) is 15.9. The Morgan fingerprint density at radius 1 is 1.42 bits per heavy atom. The monoisotopic (exact) mass is 281 g/mol. The Morgan fingerprint density at radius 3 is 2.74 bits per heavy atom. The summed E-state index contributed by atoms with van der Waals surface area (Å²) in [6, 6.07) is 5.68. The van der Waals surface area contributed by atoms with Gasteiger partial charge < -0.3 is 15.2 Å². The molecule has 19 heavy (non-hydrogen) atoms. The van der Waals surface area contributed by atoms with E-state index < -0.39 is 0 Å². The average Bonchev–Trinajstić information content (AvgIpc) is 2.38. The topological polar surface area (TPSA) is 44.5 Å². The molecule has 0 fully saturated rings. The van der Waals surface area contributed by atoms with Gasteiger partial charge >= 0.3 is 0 Å². The second-order valence-corrected chi connectivity index (χ2v) is 5.24. The molecule has 106 valence electrons. The zero-order valence-electron chi connectivity index (χ0n) is 11.9. The smallest absolute Gasteiger partial charge is 0.124 e. The minimum atomic E-state index is 0.392. The molecule has 1 atom stereocenters. The van der Waals surface area contributed by atoms with Crippen LogP contribution in [0.2, 0.25) is 0 Å². The van der Waals surface area contributed by atoms with Crippen LogP contribution in [0.5, 0.6) is 5.75 Å². The van der Waals surface area contributed by atoms with Gasteiger partial charge in [0.2, 0.25) is 0 Å². The molecule has 0 spiro atoms. The molecule has 1 rings (SSSR count). The fraction of sp³-hybridized carbons (Fsp3) is 0.533. The van der Waals surface area contributed by atoms with Crippen LogP contribution in [0.3, 0.4) is 0 Å². The summed E-state index contributed by atoms with van der Waals surface area (Å²) in [5.74, 6) is 1.39. The van der Waals surface area contributed by atoms with E-state index in [-0.39, 0.29) is 0 Å². The SMILES string of the molecule is CCCC(C)COCc1cc(C(N)=S)ccc1OC. The number of nitrogens with two attached hydrogens (primary N) is 1. The highest BCUT2D eigenvalue weighted by molar-refractivity contribution is 7.80. The molecule has 1 aromatic rings. The van der Waals surface area contributed by atoms with Crippen molar-refractivity contribution < 1.29 is 9.47 Å². The molecular weight excluding hydrogens is 258 g/mol. The summed E-state index contributed by atoms with van der Waals surface area (Å²) in [6.07, 6.45) is 2.37. The van der Waals surface area contributed by atoms with E-state index in [1.807, 2.05) is 18.2 Å². The number of methoxy groups -OCH3 is 1. The Kier molecular flexibility index (Phi) is 6.81. The highest BCUT2D eigenvalue weighted by Gasteiger charge is 2.07. The van der Waals surface area contributed by atoms with Gasteiger partial charge in [-0.1, -0.05) is 32.5 Å². The molecule has 0 aliphatic carbocycles. The normalized spacial score (nSPS) is 12.2. The van der Waals surface area contributed by atoms with Crippen LogP contribution in [0, 0.1) is 5.92 Å². The average molecular weight is 281 g/mol. The molecule has 0 heterocycles. The summed E-state index contributed by atoms with van der Waals surface area (Å²) >= 11 is 4.99. The fourth-order valence-electron chi connectivity index (χ4n) is 1.99. The van der Waals surface area contributed by atoms with Crippen LogP contribution in [0.1, 0.15) is 37.8 Å². The fourth-order valence-corrected chi connectivity index (χ4v) is 2.12. The van der Waals surface area contributed by atoms with E-state index in [0.717, 1.165) is 23.5 Å². The lowest BCUT2D eigenvalue weighted by Crippen LogP contribution is -2.11. The lowest BCUT2D eigenvalue weighted by molar-refractivity contribution is 0.0879. The van der Waals surface area contributed by atoms with Crippen LogP contribution in [0.25, 0.3) is 0 Å². The van der Waals surface area contributed by atoms with Gasteiger partial charge in [-0.05, 0) is 30.5 Å². The maximum atomic E-state index is 5.75. The maximum absolute atomic E-state index is 5.75. The summed E-state index contributed by atoms with van der Waals surface area (Å²) in [5.41, 5.74) is 7.47. The second kappa shape index (κ2) is 8.12. The summed E-state index contributed by atoms with van der Waals surface area (Å²) < 4.78 is 11.1. The lowest BCUT2D eigenvalue weighted by atomic mass is 10.1. The van der Waals surface area contributed by atoms with E-state index in [1.165, 1.54) is 12.8 Å². The number of ether oxygens (including phenoxy) is 2. The van der Waals surface area contributed by atoms with Crippen LogP contribution in [0.15, 0.2) is 18.2 Å². The molecule has 1 unspecified atom stereocenters. The van der Waals surface area contributed by atoms with E-state index >= 15 is 0 Å². The molecule has 0 amide bonds. The van der Waals surface area contributed by atoms with E-state index in [1.54, 1.807) is 7.11 Å². The molecule has 3 nitrogen and oxygen atoms in total. The Morgan fingerprint density at radius 2 is 2.16 bits per heavy atom. The largest absolute Gasteiger partial charge is 0.496 e. The zero-order chi connectivity index (χ0) is 14.3. The highest BCUT2D eigenvalue weighted by Crippen LogP contribution is 2.21. The van der Waals surface area contributed by atoms with Crippen molar-refractivity contribution in [2.75, 3.05) is 13.7 Å². The van der Waals surface area contributed by atoms with Crippen molar-refractivity contribution in [1.82, 2.24) is 0 Å². The standard InChI is InChI=1S/C15H23NO2S/c1-4-5-11(2)9-18-10-13-8-12(15(16)19)6-7-14(13)17-3/h6-8,11H,4-5,9-10H2,1-3H3,(H2,16,19). The minimum Gasteiger partial charge on any atom is -0.496 e. The van der Waals surface area contributed by atoms with Gasteiger partial charge in [-0.2, -0.15) is 0 Å². The number of rotatable bonds is 8. The number of thiocarbonyl (C=S) groups is 1. The zero-order valence-corrected chi connectivity index (χ0v) is 12.8. The Balaban J connectivity index is 2.65. The van der Waals surface area contributed by atoms with Crippen molar-refractivity contribution in [2.24, 2.45) is 11.7 Å². The van der Waals surface area contributed by atoms with E-state index in [4.69, 9.17) is 27.4 Å². The summed E-state index contributed by atoms with van der Waals surface area (Å²) in [5, 5.41) is 0. The molecule has 0 saturated carbocycles. The third kappa shape index (κ3) is 5.17. The van der Waals surface area contributed by atoms with Crippen LogP contribution >= 0.6 is 12.2 Å². The molecule has 0 saturated heterocycles. The molecule has 0 bridgehead atoms. The van der Waals surface area contributed by atoms with Gasteiger partial charge in [-0.15, -0.1) is 0 Å². The van der Waals surface area contributed by atoms with Gasteiger partial charge in [0.25, 0.3) is 0 Å². The Labute approximate surface area is 121 Å². The van der Waals surface area contributed by atoms with Crippen LogP contribution in [-0.4, -0.2) is 18.7 Å². The van der Waals surface area contributed by atoms with Gasteiger partial charge in [0.1, 0.15) is 10.7 Å². The van der Waals surface area contributed by atoms with Gasteiger partial charge in [-0.25, -0.2) is 0 Å². The van der Waals surface area contributed by atoms with Crippen molar-refractivity contribution >= 4 is 17.2 Å². The first-order chi connectivity index (χ1) is 9.08. The molecule has 0 aliphatic rings. The van der Waals surface area contributed by atoms with Gasteiger partial charge in [-0.3, -0.25) is 0 Å². The van der Waals surface area contributed by atoms with E-state index in [2.05, 4.69) is 13.8 Å². The molecule has 0 radical (unpaired) electrons. The van der Waals surface area contributed by atoms with E-state index in [0.29, 0.717) is 17.5 Å². The van der Waals surface area contributed by atoms with Crippen LogP contribution < -0.4 is 10.5 Å². The minimum absolute atomic E-state index is 0.392. The molecular formula is C15H23NO2S. The first-order valence-electron chi connectivity index (χ1n) is 6.63. The van der Waals surface area contributed by atoms with Gasteiger partial charge in [0.15, 0.2) is 0 Å². The summed E-state index contributed by atoms with van der Waals surface area (Å²) in [4.78, 5) is 0.392. The highest BCUT2D eigenvalue weighted by atomic mass is 32.1. The van der Waals surface area contributed by atoms with Crippen LogP contribution in [0.4, 0.5) is 0 Å². The predicted molar refractivity (Wildman–Crippen MR) is 82.6 cm³/mol. The quantitative estimate of drug-likeness (QED) is 0.743. The lowest BCUT2D eigenvalue weighted by Gasteiger charge is -2.13. The number of benzene rings is 1. The maximum Gasteiger partial charge on any atom is 0.124 e. The molecule has 0 aliphatic heterocycles. The Hall–Kier alpha value is -1.13. The summed E-state index contributed by atoms with van der Waals surface area (Å²) in [6.45, 7) is 5.67. The third-order valence-electron chi connectivity index (χ3n) is 3.01. The third-order valence-corrected chi connectivity index (χ3v) is 3.24. The summed E-state index contributed by atoms with van der Waals surface area (Å²) in [7, 11) is 1.65. The number of hydrogen-bond donors (Lipinski definition) is 1. The molecule has 2 N–H and O–H groups in total. The van der Waals surface area contributed by atoms with Gasteiger partial charge in [0.05, 0.1) is 13.7 Å². The van der Waals surface area contributed by atoms with Crippen molar-refractivity contribution in [3.05, 3.63) is 29.3 Å². The van der Waals surface area contributed by atoms with Crippen molar-refractivity contribution in [2.45, 2.75) is 33.3 Å². The molecule has 4 heteroatoms.